The largest absolute Gasteiger partial charge is 0.356 e. The Bertz CT molecular complexity index is 965. The summed E-state index contributed by atoms with van der Waals surface area (Å²) in [6.07, 6.45) is 4.70. The number of nitrogens with one attached hydrogen (secondary N) is 1. The molecule has 5 nitrogen and oxygen atoms in total. The molecule has 0 bridgehead atoms. The van der Waals surface area contributed by atoms with Gasteiger partial charge in [0.05, 0.1) is 0 Å². The van der Waals surface area contributed by atoms with Crippen LogP contribution in [-0.4, -0.2) is 36.1 Å². The molecule has 1 aliphatic rings. The summed E-state index contributed by atoms with van der Waals surface area (Å²) in [7, 11) is 2.10. The highest BCUT2D eigenvalue weighted by atomic mass is 15.3. The fourth-order valence-electron chi connectivity index (χ4n) is 4.00. The SMILES string of the molecule is Cc1ccc(Nc2cc(N3CCCCC3)nc(N(C)C(C)Cc3ccccc3)n2)cc1. The van der Waals surface area contributed by atoms with Crippen molar-refractivity contribution in [3.05, 3.63) is 71.8 Å². The van der Waals surface area contributed by atoms with E-state index in [0.29, 0.717) is 0 Å². The van der Waals surface area contributed by atoms with Gasteiger partial charge in [0.1, 0.15) is 11.6 Å². The van der Waals surface area contributed by atoms with Crippen molar-refractivity contribution >= 4 is 23.3 Å². The van der Waals surface area contributed by atoms with Gasteiger partial charge in [0.15, 0.2) is 0 Å². The van der Waals surface area contributed by atoms with Crippen LogP contribution >= 0.6 is 0 Å². The van der Waals surface area contributed by atoms with Crippen molar-refractivity contribution in [1.29, 1.82) is 0 Å². The van der Waals surface area contributed by atoms with Crippen molar-refractivity contribution in [2.75, 3.05) is 35.3 Å². The number of aryl methyl sites for hydroxylation is 1. The molecule has 0 radical (unpaired) electrons. The first-order valence-corrected chi connectivity index (χ1v) is 11.3. The lowest BCUT2D eigenvalue weighted by atomic mass is 10.1. The average Bonchev–Trinajstić information content (AvgIpc) is 2.81. The highest BCUT2D eigenvalue weighted by Gasteiger charge is 2.19. The zero-order valence-corrected chi connectivity index (χ0v) is 18.9. The topological polar surface area (TPSA) is 44.3 Å². The van der Waals surface area contributed by atoms with Gasteiger partial charge in [-0.15, -0.1) is 0 Å². The van der Waals surface area contributed by atoms with Gasteiger partial charge < -0.3 is 15.1 Å². The van der Waals surface area contributed by atoms with Crippen LogP contribution in [0.3, 0.4) is 0 Å². The highest BCUT2D eigenvalue weighted by molar-refractivity contribution is 5.62. The van der Waals surface area contributed by atoms with E-state index < -0.39 is 0 Å². The van der Waals surface area contributed by atoms with Crippen LogP contribution in [0.2, 0.25) is 0 Å². The van der Waals surface area contributed by atoms with E-state index in [9.17, 15) is 0 Å². The minimum atomic E-state index is 0.284. The third kappa shape index (κ3) is 5.54. The smallest absolute Gasteiger partial charge is 0.229 e. The van der Waals surface area contributed by atoms with E-state index in [0.717, 1.165) is 42.8 Å². The van der Waals surface area contributed by atoms with Crippen LogP contribution in [0.25, 0.3) is 0 Å². The van der Waals surface area contributed by atoms with Crippen LogP contribution in [0.1, 0.15) is 37.3 Å². The van der Waals surface area contributed by atoms with Gasteiger partial charge in [0, 0.05) is 37.9 Å². The number of rotatable bonds is 7. The molecular weight excluding hydrogens is 382 g/mol. The van der Waals surface area contributed by atoms with Crippen molar-refractivity contribution in [2.45, 2.75) is 45.6 Å². The predicted octanol–water partition coefficient (Wildman–Crippen LogP) is 5.59. The van der Waals surface area contributed by atoms with Crippen LogP contribution in [0.15, 0.2) is 60.7 Å². The molecule has 0 spiro atoms. The molecule has 31 heavy (non-hydrogen) atoms. The second kappa shape index (κ2) is 9.82. The predicted molar refractivity (Wildman–Crippen MR) is 131 cm³/mol. The van der Waals surface area contributed by atoms with Crippen molar-refractivity contribution in [1.82, 2.24) is 9.97 Å². The van der Waals surface area contributed by atoms with Crippen molar-refractivity contribution in [3.63, 3.8) is 0 Å². The Morgan fingerprint density at radius 3 is 2.39 bits per heavy atom. The van der Waals surface area contributed by atoms with Gasteiger partial charge >= 0.3 is 0 Å². The van der Waals surface area contributed by atoms with Crippen LogP contribution in [-0.2, 0) is 6.42 Å². The number of hydrogen-bond acceptors (Lipinski definition) is 5. The Balaban J connectivity index is 1.60. The molecule has 1 atom stereocenters. The first-order chi connectivity index (χ1) is 15.1. The van der Waals surface area contributed by atoms with Gasteiger partial charge in [-0.2, -0.15) is 9.97 Å². The highest BCUT2D eigenvalue weighted by Crippen LogP contribution is 2.26. The van der Waals surface area contributed by atoms with E-state index in [2.05, 4.69) is 96.7 Å². The number of benzene rings is 2. The molecule has 1 unspecified atom stereocenters. The number of piperidine rings is 1. The molecule has 162 valence electrons. The Morgan fingerprint density at radius 1 is 0.968 bits per heavy atom. The quantitative estimate of drug-likeness (QED) is 0.545. The lowest BCUT2D eigenvalue weighted by molar-refractivity contribution is 0.572. The fourth-order valence-corrected chi connectivity index (χ4v) is 4.00. The zero-order chi connectivity index (χ0) is 21.6. The Kier molecular flexibility index (Phi) is 6.70. The molecule has 4 rings (SSSR count). The van der Waals surface area contributed by atoms with Gasteiger partial charge in [-0.05, 0) is 57.2 Å². The maximum atomic E-state index is 4.98. The summed E-state index contributed by atoms with van der Waals surface area (Å²) in [5, 5.41) is 3.49. The molecule has 2 heterocycles. The summed E-state index contributed by atoms with van der Waals surface area (Å²) in [6.45, 7) is 6.45. The van der Waals surface area contributed by atoms with Crippen molar-refractivity contribution in [3.8, 4) is 0 Å². The summed E-state index contributed by atoms with van der Waals surface area (Å²) < 4.78 is 0. The molecule has 1 saturated heterocycles. The average molecular weight is 416 g/mol. The van der Waals surface area contributed by atoms with Gasteiger partial charge in [0.25, 0.3) is 0 Å². The molecule has 1 aliphatic heterocycles. The summed E-state index contributed by atoms with van der Waals surface area (Å²) in [5.74, 6) is 2.62. The monoisotopic (exact) mass is 415 g/mol. The van der Waals surface area contributed by atoms with E-state index in [1.54, 1.807) is 0 Å². The van der Waals surface area contributed by atoms with Gasteiger partial charge in [-0.25, -0.2) is 0 Å². The van der Waals surface area contributed by atoms with Gasteiger partial charge in [-0.3, -0.25) is 0 Å². The summed E-state index contributed by atoms with van der Waals surface area (Å²) in [5.41, 5.74) is 3.62. The number of likely N-dealkylation sites (N-methyl/N-ethyl adjacent to an activating group) is 1. The zero-order valence-electron chi connectivity index (χ0n) is 18.9. The van der Waals surface area contributed by atoms with Crippen LogP contribution in [0, 0.1) is 6.92 Å². The second-order valence-electron chi connectivity index (χ2n) is 8.60. The lowest BCUT2D eigenvalue weighted by Gasteiger charge is -2.30. The van der Waals surface area contributed by atoms with Crippen molar-refractivity contribution in [2.24, 2.45) is 0 Å². The Morgan fingerprint density at radius 2 is 1.68 bits per heavy atom. The molecule has 3 aromatic rings. The standard InChI is InChI=1S/C26H33N5/c1-20-12-14-23(15-13-20)27-24-19-25(31-16-8-5-9-17-31)29-26(28-24)30(3)21(2)18-22-10-6-4-7-11-22/h4,6-7,10-15,19,21H,5,8-9,16-18H2,1-3H3,(H,27,28,29). The summed E-state index contributed by atoms with van der Waals surface area (Å²) in [6, 6.07) is 21.4. The number of anilines is 4. The summed E-state index contributed by atoms with van der Waals surface area (Å²) >= 11 is 0. The molecule has 1 aromatic heterocycles. The molecule has 5 heteroatoms. The number of hydrogen-bond donors (Lipinski definition) is 1. The first kappa shape index (κ1) is 21.2. The minimum absolute atomic E-state index is 0.284. The first-order valence-electron chi connectivity index (χ1n) is 11.3. The molecule has 0 saturated carbocycles. The molecule has 1 fully saturated rings. The third-order valence-corrected chi connectivity index (χ3v) is 6.06. The second-order valence-corrected chi connectivity index (χ2v) is 8.60. The minimum Gasteiger partial charge on any atom is -0.356 e. The van der Waals surface area contributed by atoms with Crippen LogP contribution in [0.4, 0.5) is 23.3 Å². The fraction of sp³-hybridized carbons (Fsp3) is 0.385. The molecular formula is C26H33N5. The van der Waals surface area contributed by atoms with E-state index in [1.807, 2.05) is 0 Å². The molecule has 0 amide bonds. The van der Waals surface area contributed by atoms with E-state index in [4.69, 9.17) is 9.97 Å². The number of nitrogens with zero attached hydrogens (tertiary/aromatic N) is 4. The van der Waals surface area contributed by atoms with Gasteiger partial charge in [-0.1, -0.05) is 48.0 Å². The third-order valence-electron chi connectivity index (χ3n) is 6.06. The molecule has 0 aliphatic carbocycles. The normalized spacial score (nSPS) is 14.9. The lowest BCUT2D eigenvalue weighted by Crippen LogP contribution is -2.34. The molecule has 2 aromatic carbocycles. The maximum Gasteiger partial charge on any atom is 0.229 e. The maximum absolute atomic E-state index is 4.98. The number of aromatic nitrogens is 2. The van der Waals surface area contributed by atoms with Crippen LogP contribution in [0.5, 0.6) is 0 Å². The van der Waals surface area contributed by atoms with E-state index >= 15 is 0 Å². The van der Waals surface area contributed by atoms with Crippen molar-refractivity contribution < 1.29 is 0 Å². The Hall–Kier alpha value is -3.08. The van der Waals surface area contributed by atoms with Gasteiger partial charge in [0.2, 0.25) is 5.95 Å². The van der Waals surface area contributed by atoms with E-state index in [-0.39, 0.29) is 6.04 Å². The van der Waals surface area contributed by atoms with Crippen LogP contribution < -0.4 is 15.1 Å². The summed E-state index contributed by atoms with van der Waals surface area (Å²) in [4.78, 5) is 14.5. The Labute approximate surface area is 186 Å². The molecule has 1 N–H and O–H groups in total. The van der Waals surface area contributed by atoms with E-state index in [1.165, 1.54) is 30.4 Å².